The molecule has 0 aliphatic rings. The molecule has 1 rings (SSSR count). The molecular weight excluding hydrogens is 282 g/mol. The molecule has 1 aromatic carbocycles. The number of benzene rings is 1. The quantitative estimate of drug-likeness (QED) is 0.786. The fourth-order valence-corrected chi connectivity index (χ4v) is 2.03. The summed E-state index contributed by atoms with van der Waals surface area (Å²) in [7, 11) is 4.53. The highest BCUT2D eigenvalue weighted by atomic mass is 35.5. The first-order chi connectivity index (χ1) is 9.60. The van der Waals surface area contributed by atoms with Crippen LogP contribution in [0.1, 0.15) is 23.7 Å². The van der Waals surface area contributed by atoms with E-state index in [0.29, 0.717) is 28.7 Å². The van der Waals surface area contributed by atoms with Crippen LogP contribution in [0.2, 0.25) is 0 Å². The van der Waals surface area contributed by atoms with E-state index in [0.717, 1.165) is 6.42 Å². The smallest absolute Gasteiger partial charge is 0.251 e. The first-order valence-electron chi connectivity index (χ1n) is 6.28. The zero-order valence-electron chi connectivity index (χ0n) is 12.2. The van der Waals surface area contributed by atoms with Crippen molar-refractivity contribution in [1.29, 1.82) is 0 Å². The SMILES string of the molecule is CCC(CCl)NC(=O)c1cc(OC)c(OC)c(OC)c1. The van der Waals surface area contributed by atoms with Crippen LogP contribution in [0, 0.1) is 0 Å². The van der Waals surface area contributed by atoms with Crippen LogP contribution in [0.25, 0.3) is 0 Å². The Morgan fingerprint density at radius 2 is 1.75 bits per heavy atom. The number of alkyl halides is 1. The molecule has 0 saturated heterocycles. The van der Waals surface area contributed by atoms with E-state index in [1.165, 1.54) is 21.3 Å². The third kappa shape index (κ3) is 3.70. The standard InChI is InChI=1S/C14H20ClNO4/c1-5-10(8-15)16-14(17)9-6-11(18-2)13(20-4)12(7-9)19-3/h6-7,10H,5,8H2,1-4H3,(H,16,17). The molecule has 0 fully saturated rings. The minimum Gasteiger partial charge on any atom is -0.493 e. The van der Waals surface area contributed by atoms with E-state index in [1.807, 2.05) is 6.92 Å². The number of amides is 1. The van der Waals surface area contributed by atoms with Gasteiger partial charge in [-0.1, -0.05) is 6.92 Å². The number of hydrogen-bond acceptors (Lipinski definition) is 4. The maximum absolute atomic E-state index is 12.2. The highest BCUT2D eigenvalue weighted by Crippen LogP contribution is 2.38. The highest BCUT2D eigenvalue weighted by Gasteiger charge is 2.18. The van der Waals surface area contributed by atoms with Gasteiger partial charge in [-0.2, -0.15) is 0 Å². The summed E-state index contributed by atoms with van der Waals surface area (Å²) in [6.45, 7) is 1.96. The van der Waals surface area contributed by atoms with Gasteiger partial charge in [-0.05, 0) is 18.6 Å². The predicted molar refractivity (Wildman–Crippen MR) is 78.4 cm³/mol. The van der Waals surface area contributed by atoms with Gasteiger partial charge in [0.25, 0.3) is 5.91 Å². The number of ether oxygens (including phenoxy) is 3. The van der Waals surface area contributed by atoms with Gasteiger partial charge in [0.15, 0.2) is 11.5 Å². The van der Waals surface area contributed by atoms with Crippen molar-refractivity contribution in [3.05, 3.63) is 17.7 Å². The van der Waals surface area contributed by atoms with E-state index in [-0.39, 0.29) is 11.9 Å². The van der Waals surface area contributed by atoms with E-state index in [2.05, 4.69) is 5.32 Å². The van der Waals surface area contributed by atoms with Crippen LogP contribution in [-0.4, -0.2) is 39.2 Å². The Kier molecular flexibility index (Phi) is 6.45. The van der Waals surface area contributed by atoms with Gasteiger partial charge in [0, 0.05) is 17.5 Å². The highest BCUT2D eigenvalue weighted by molar-refractivity contribution is 6.18. The van der Waals surface area contributed by atoms with E-state index < -0.39 is 0 Å². The van der Waals surface area contributed by atoms with Crippen molar-refractivity contribution >= 4 is 17.5 Å². The second kappa shape index (κ2) is 7.85. The summed E-state index contributed by atoms with van der Waals surface area (Å²) in [5.74, 6) is 1.48. The van der Waals surface area contributed by atoms with Crippen molar-refractivity contribution in [1.82, 2.24) is 5.32 Å². The molecule has 0 aromatic heterocycles. The van der Waals surface area contributed by atoms with Crippen molar-refractivity contribution in [3.8, 4) is 17.2 Å². The minimum absolute atomic E-state index is 0.0664. The average Bonchev–Trinajstić information content (AvgIpc) is 2.50. The monoisotopic (exact) mass is 301 g/mol. The van der Waals surface area contributed by atoms with Crippen molar-refractivity contribution in [2.75, 3.05) is 27.2 Å². The number of rotatable bonds is 7. The fourth-order valence-electron chi connectivity index (χ4n) is 1.73. The predicted octanol–water partition coefficient (Wildman–Crippen LogP) is 2.46. The number of hydrogen-bond donors (Lipinski definition) is 1. The number of methoxy groups -OCH3 is 3. The van der Waals surface area contributed by atoms with E-state index in [9.17, 15) is 4.79 Å². The van der Waals surface area contributed by atoms with Crippen LogP contribution in [-0.2, 0) is 0 Å². The summed E-state index contributed by atoms with van der Waals surface area (Å²) in [4.78, 5) is 12.2. The van der Waals surface area contributed by atoms with Crippen molar-refractivity contribution in [3.63, 3.8) is 0 Å². The molecule has 1 aromatic rings. The Labute approximate surface area is 124 Å². The van der Waals surface area contributed by atoms with Gasteiger partial charge >= 0.3 is 0 Å². The summed E-state index contributed by atoms with van der Waals surface area (Å²) in [6.07, 6.45) is 0.764. The Morgan fingerprint density at radius 1 is 1.20 bits per heavy atom. The van der Waals surface area contributed by atoms with Crippen molar-refractivity contribution in [2.45, 2.75) is 19.4 Å². The van der Waals surface area contributed by atoms with Gasteiger partial charge in [-0.15, -0.1) is 11.6 Å². The molecule has 1 amide bonds. The molecule has 0 spiro atoms. The molecule has 20 heavy (non-hydrogen) atoms. The first-order valence-corrected chi connectivity index (χ1v) is 6.81. The molecule has 1 N–H and O–H groups in total. The normalized spacial score (nSPS) is 11.7. The number of carbonyl (C=O) groups is 1. The van der Waals surface area contributed by atoms with E-state index in [4.69, 9.17) is 25.8 Å². The van der Waals surface area contributed by atoms with Crippen molar-refractivity contribution < 1.29 is 19.0 Å². The van der Waals surface area contributed by atoms with Crippen LogP contribution >= 0.6 is 11.6 Å². The van der Waals surface area contributed by atoms with Crippen LogP contribution < -0.4 is 19.5 Å². The molecule has 0 heterocycles. The molecule has 0 aliphatic heterocycles. The zero-order valence-corrected chi connectivity index (χ0v) is 12.9. The molecular formula is C14H20ClNO4. The lowest BCUT2D eigenvalue weighted by Gasteiger charge is -2.16. The molecule has 1 atom stereocenters. The lowest BCUT2D eigenvalue weighted by molar-refractivity contribution is 0.0939. The molecule has 1 unspecified atom stereocenters. The van der Waals surface area contributed by atoms with Gasteiger partial charge in [0.05, 0.1) is 21.3 Å². The summed E-state index contributed by atoms with van der Waals surface area (Å²) in [5.41, 5.74) is 0.433. The average molecular weight is 302 g/mol. The molecule has 0 radical (unpaired) electrons. The lowest BCUT2D eigenvalue weighted by atomic mass is 10.1. The largest absolute Gasteiger partial charge is 0.493 e. The maximum atomic E-state index is 12.2. The first kappa shape index (κ1) is 16.4. The molecule has 112 valence electrons. The third-order valence-corrected chi connectivity index (χ3v) is 3.31. The molecule has 0 aliphatic carbocycles. The van der Waals surface area contributed by atoms with Gasteiger partial charge in [-0.25, -0.2) is 0 Å². The Hall–Kier alpha value is -1.62. The molecule has 0 bridgehead atoms. The number of halogens is 1. The fraction of sp³-hybridized carbons (Fsp3) is 0.500. The van der Waals surface area contributed by atoms with E-state index >= 15 is 0 Å². The summed E-state index contributed by atoms with van der Waals surface area (Å²) in [6, 6.07) is 3.15. The summed E-state index contributed by atoms with van der Waals surface area (Å²) < 4.78 is 15.6. The minimum atomic E-state index is -0.225. The third-order valence-electron chi connectivity index (χ3n) is 2.94. The molecule has 0 saturated carbocycles. The second-order valence-electron chi connectivity index (χ2n) is 4.15. The second-order valence-corrected chi connectivity index (χ2v) is 4.46. The maximum Gasteiger partial charge on any atom is 0.251 e. The zero-order chi connectivity index (χ0) is 15.1. The topological polar surface area (TPSA) is 56.8 Å². The van der Waals surface area contributed by atoms with Gasteiger partial charge in [0.1, 0.15) is 0 Å². The van der Waals surface area contributed by atoms with Gasteiger partial charge in [0.2, 0.25) is 5.75 Å². The molecule has 5 nitrogen and oxygen atoms in total. The Bertz CT molecular complexity index is 435. The van der Waals surface area contributed by atoms with Crippen molar-refractivity contribution in [2.24, 2.45) is 0 Å². The number of carbonyl (C=O) groups excluding carboxylic acids is 1. The van der Waals surface area contributed by atoms with Crippen LogP contribution in [0.4, 0.5) is 0 Å². The van der Waals surface area contributed by atoms with Crippen LogP contribution in [0.3, 0.4) is 0 Å². The Balaban J connectivity index is 3.09. The summed E-state index contributed by atoms with van der Waals surface area (Å²) in [5, 5.41) is 2.85. The van der Waals surface area contributed by atoms with E-state index in [1.54, 1.807) is 12.1 Å². The van der Waals surface area contributed by atoms with Crippen LogP contribution in [0.15, 0.2) is 12.1 Å². The van der Waals surface area contributed by atoms with Crippen LogP contribution in [0.5, 0.6) is 17.2 Å². The Morgan fingerprint density at radius 3 is 2.10 bits per heavy atom. The lowest BCUT2D eigenvalue weighted by Crippen LogP contribution is -2.35. The van der Waals surface area contributed by atoms with Gasteiger partial charge in [-0.3, -0.25) is 4.79 Å². The molecule has 6 heteroatoms. The summed E-state index contributed by atoms with van der Waals surface area (Å²) >= 11 is 5.78. The van der Waals surface area contributed by atoms with Gasteiger partial charge < -0.3 is 19.5 Å². The number of nitrogens with one attached hydrogen (secondary N) is 1.